The average molecular weight is 540 g/mol. The lowest BCUT2D eigenvalue weighted by atomic mass is 9.96. The summed E-state index contributed by atoms with van der Waals surface area (Å²) in [6, 6.07) is 14.7. The third-order valence-corrected chi connectivity index (χ3v) is 6.38. The molecule has 0 aliphatic rings. The molecule has 0 saturated heterocycles. The van der Waals surface area contributed by atoms with Crippen LogP contribution in [0.1, 0.15) is 43.4 Å². The monoisotopic (exact) mass is 539 g/mol. The number of fused-ring (bicyclic) bond motifs is 1. The van der Waals surface area contributed by atoms with E-state index in [1.165, 1.54) is 18.9 Å². The van der Waals surface area contributed by atoms with Crippen molar-refractivity contribution >= 4 is 17.1 Å². The van der Waals surface area contributed by atoms with Gasteiger partial charge in [-0.2, -0.15) is 9.78 Å². The highest BCUT2D eigenvalue weighted by Crippen LogP contribution is 2.38. The van der Waals surface area contributed by atoms with Crippen molar-refractivity contribution in [3.63, 3.8) is 0 Å². The van der Waals surface area contributed by atoms with E-state index < -0.39 is 0 Å². The summed E-state index contributed by atoms with van der Waals surface area (Å²) in [5, 5.41) is 5.08. The van der Waals surface area contributed by atoms with E-state index in [4.69, 9.17) is 30.4 Å². The number of rotatable bonds is 10. The van der Waals surface area contributed by atoms with Gasteiger partial charge in [0.05, 0.1) is 37.9 Å². The highest BCUT2D eigenvalue weighted by Gasteiger charge is 2.19. The van der Waals surface area contributed by atoms with Crippen molar-refractivity contribution in [2.24, 2.45) is 5.10 Å². The van der Waals surface area contributed by atoms with Crippen LogP contribution in [0.4, 0.5) is 0 Å². The lowest BCUT2D eigenvalue weighted by Crippen LogP contribution is -2.21. The van der Waals surface area contributed by atoms with Crippen molar-refractivity contribution in [1.82, 2.24) is 9.66 Å². The number of aryl methyl sites for hydroxylation is 1. The van der Waals surface area contributed by atoms with E-state index in [-0.39, 0.29) is 18.1 Å². The molecular formula is C32H33N3O5. The topological polar surface area (TPSA) is 84.2 Å². The Morgan fingerprint density at radius 1 is 1.05 bits per heavy atom. The van der Waals surface area contributed by atoms with Crippen LogP contribution in [-0.2, 0) is 0 Å². The van der Waals surface area contributed by atoms with E-state index in [1.54, 1.807) is 24.4 Å². The van der Waals surface area contributed by atoms with E-state index in [1.807, 2.05) is 44.2 Å². The molecule has 0 amide bonds. The number of benzene rings is 3. The molecule has 1 heterocycles. The second kappa shape index (κ2) is 12.4. The van der Waals surface area contributed by atoms with Crippen molar-refractivity contribution in [2.45, 2.75) is 33.6 Å². The Hall–Kier alpha value is -4.77. The summed E-state index contributed by atoms with van der Waals surface area (Å²) < 4.78 is 23.9. The minimum Gasteiger partial charge on any atom is -0.494 e. The zero-order valence-electron chi connectivity index (χ0n) is 23.6. The fourth-order valence-corrected chi connectivity index (χ4v) is 4.43. The van der Waals surface area contributed by atoms with Crippen LogP contribution < -0.4 is 24.5 Å². The molecule has 40 heavy (non-hydrogen) atoms. The number of methoxy groups -OCH3 is 2. The molecule has 4 aromatic rings. The first kappa shape index (κ1) is 28.2. The molecule has 0 fully saturated rings. The number of nitrogens with zero attached hydrogens (tertiary/aromatic N) is 3. The zero-order valence-corrected chi connectivity index (χ0v) is 23.6. The predicted octanol–water partition coefficient (Wildman–Crippen LogP) is 5.81. The second-order valence-corrected chi connectivity index (χ2v) is 9.35. The molecule has 8 heteroatoms. The smallest absolute Gasteiger partial charge is 0.282 e. The number of aromatic nitrogens is 2. The molecule has 0 N–H and O–H groups in total. The normalized spacial score (nSPS) is 11.2. The van der Waals surface area contributed by atoms with E-state index in [2.05, 4.69) is 24.9 Å². The molecule has 0 aliphatic carbocycles. The summed E-state index contributed by atoms with van der Waals surface area (Å²) in [5.74, 6) is 5.11. The van der Waals surface area contributed by atoms with Crippen LogP contribution >= 0.6 is 0 Å². The molecule has 0 aliphatic heterocycles. The van der Waals surface area contributed by atoms with Crippen LogP contribution in [0.2, 0.25) is 0 Å². The van der Waals surface area contributed by atoms with Gasteiger partial charge in [-0.15, -0.1) is 6.42 Å². The van der Waals surface area contributed by atoms with Crippen LogP contribution in [0.3, 0.4) is 0 Å². The standard InChI is InChI=1S/C32H33N3O5/c1-8-14-40-30-28(37-6)16-22(17-29(30)38-7)19-33-35-31(34-26-13-11-10-12-23(26)32(35)36)25-18-24(20(3)4)27(39-9-2)15-21(25)5/h1,10-13,15-20H,9,14H2,2-7H3. The lowest BCUT2D eigenvalue weighted by molar-refractivity contribution is 0.304. The maximum absolute atomic E-state index is 13.8. The largest absolute Gasteiger partial charge is 0.494 e. The Morgan fingerprint density at radius 3 is 2.38 bits per heavy atom. The number of terminal acetylenes is 1. The molecule has 8 nitrogen and oxygen atoms in total. The number of hydrogen-bond acceptors (Lipinski definition) is 7. The SMILES string of the molecule is C#CCOc1c(OC)cc(C=Nn2c(-c3cc(C(C)C)c(OCC)cc3C)nc3ccccc3c2=O)cc1OC. The quantitative estimate of drug-likeness (QED) is 0.187. The van der Waals surface area contributed by atoms with Crippen molar-refractivity contribution in [3.05, 3.63) is 75.6 Å². The minimum atomic E-state index is -0.288. The Morgan fingerprint density at radius 2 is 1.75 bits per heavy atom. The maximum Gasteiger partial charge on any atom is 0.282 e. The first-order chi connectivity index (χ1) is 19.3. The molecule has 3 aromatic carbocycles. The molecule has 0 bridgehead atoms. The van der Waals surface area contributed by atoms with Crippen LogP contribution in [0, 0.1) is 19.3 Å². The molecular weight excluding hydrogens is 506 g/mol. The van der Waals surface area contributed by atoms with Crippen LogP contribution in [0.5, 0.6) is 23.0 Å². The third kappa shape index (κ3) is 5.64. The molecule has 4 rings (SSSR count). The minimum absolute atomic E-state index is 0.0570. The summed E-state index contributed by atoms with van der Waals surface area (Å²) in [7, 11) is 3.05. The lowest BCUT2D eigenvalue weighted by Gasteiger charge is -2.18. The Balaban J connectivity index is 1.93. The molecule has 206 valence electrons. The summed E-state index contributed by atoms with van der Waals surface area (Å²) in [5.41, 5.74) is 3.66. The van der Waals surface area contributed by atoms with E-state index in [0.717, 1.165) is 22.4 Å². The van der Waals surface area contributed by atoms with Gasteiger partial charge in [-0.25, -0.2) is 4.98 Å². The Bertz CT molecular complexity index is 1640. The van der Waals surface area contributed by atoms with Gasteiger partial charge < -0.3 is 18.9 Å². The van der Waals surface area contributed by atoms with E-state index >= 15 is 0 Å². The van der Waals surface area contributed by atoms with Crippen molar-refractivity contribution in [1.29, 1.82) is 0 Å². The van der Waals surface area contributed by atoms with Gasteiger partial charge in [0.1, 0.15) is 12.4 Å². The van der Waals surface area contributed by atoms with Crippen molar-refractivity contribution in [3.8, 4) is 46.7 Å². The summed E-state index contributed by atoms with van der Waals surface area (Å²) in [6.07, 6.45) is 6.91. The summed E-state index contributed by atoms with van der Waals surface area (Å²) in [6.45, 7) is 8.76. The van der Waals surface area contributed by atoms with E-state index in [0.29, 0.717) is 46.1 Å². The van der Waals surface area contributed by atoms with Gasteiger partial charge in [-0.05, 0) is 67.3 Å². The van der Waals surface area contributed by atoms with Gasteiger partial charge in [-0.1, -0.05) is 31.9 Å². The van der Waals surface area contributed by atoms with Crippen LogP contribution in [0.25, 0.3) is 22.3 Å². The fourth-order valence-electron chi connectivity index (χ4n) is 4.43. The van der Waals surface area contributed by atoms with Gasteiger partial charge in [0.25, 0.3) is 5.56 Å². The molecule has 0 unspecified atom stereocenters. The Kier molecular flexibility index (Phi) is 8.75. The fraction of sp³-hybridized carbons (Fsp3) is 0.281. The number of ether oxygens (including phenoxy) is 4. The number of hydrogen-bond donors (Lipinski definition) is 0. The van der Waals surface area contributed by atoms with Crippen molar-refractivity contribution in [2.75, 3.05) is 27.4 Å². The van der Waals surface area contributed by atoms with Gasteiger partial charge >= 0.3 is 0 Å². The molecule has 1 aromatic heterocycles. The van der Waals surface area contributed by atoms with E-state index in [9.17, 15) is 4.79 Å². The van der Waals surface area contributed by atoms with Crippen molar-refractivity contribution < 1.29 is 18.9 Å². The highest BCUT2D eigenvalue weighted by molar-refractivity contribution is 5.84. The summed E-state index contributed by atoms with van der Waals surface area (Å²) in [4.78, 5) is 18.6. The maximum atomic E-state index is 13.8. The molecule has 0 radical (unpaired) electrons. The van der Waals surface area contributed by atoms with Gasteiger partial charge in [0, 0.05) is 11.1 Å². The molecule has 0 spiro atoms. The van der Waals surface area contributed by atoms with Crippen LogP contribution in [-0.4, -0.2) is 43.3 Å². The number of para-hydroxylation sites is 1. The first-order valence-corrected chi connectivity index (χ1v) is 13.0. The molecule has 0 saturated carbocycles. The molecule has 0 atom stereocenters. The average Bonchev–Trinajstić information content (AvgIpc) is 2.95. The van der Waals surface area contributed by atoms with Gasteiger partial charge in [0.2, 0.25) is 5.75 Å². The zero-order chi connectivity index (χ0) is 28.8. The third-order valence-electron chi connectivity index (χ3n) is 6.38. The van der Waals surface area contributed by atoms with Crippen LogP contribution in [0.15, 0.2) is 58.4 Å². The summed E-state index contributed by atoms with van der Waals surface area (Å²) >= 11 is 0. The van der Waals surface area contributed by atoms with Gasteiger partial charge in [0.15, 0.2) is 17.3 Å². The second-order valence-electron chi connectivity index (χ2n) is 9.35. The highest BCUT2D eigenvalue weighted by atomic mass is 16.5. The van der Waals surface area contributed by atoms with Gasteiger partial charge in [-0.3, -0.25) is 4.79 Å². The predicted molar refractivity (Wildman–Crippen MR) is 158 cm³/mol. The first-order valence-electron chi connectivity index (χ1n) is 13.0. The Labute approximate surface area is 234 Å².